The van der Waals surface area contributed by atoms with Gasteiger partial charge in [-0.05, 0) is 72.8 Å². The Kier molecular flexibility index (Phi) is 6.69. The molecule has 2 heterocycles. The van der Waals surface area contributed by atoms with Gasteiger partial charge in [0, 0.05) is 28.5 Å². The smallest absolute Gasteiger partial charge is 0.145 e. The molecular formula is C42H28N2O2S. The minimum Gasteiger partial charge on any atom is -0.456 e. The fourth-order valence-corrected chi connectivity index (χ4v) is 7.45. The molecule has 5 heteroatoms. The Labute approximate surface area is 277 Å². The number of hydrogen-bond donors (Lipinski definition) is 0. The molecule has 0 bridgehead atoms. The number of anilines is 6. The van der Waals surface area contributed by atoms with Crippen molar-refractivity contribution >= 4 is 67.8 Å². The molecule has 0 unspecified atom stereocenters. The molecule has 9 rings (SSSR count). The number of benzene rings is 7. The zero-order valence-electron chi connectivity index (χ0n) is 25.3. The molecule has 0 spiro atoms. The highest BCUT2D eigenvalue weighted by atomic mass is 32.2. The third kappa shape index (κ3) is 4.80. The van der Waals surface area contributed by atoms with Gasteiger partial charge in [0.1, 0.15) is 22.7 Å². The average molecular weight is 625 g/mol. The predicted molar refractivity (Wildman–Crippen MR) is 194 cm³/mol. The second-order valence-corrected chi connectivity index (χ2v) is 12.4. The first-order valence-corrected chi connectivity index (χ1v) is 16.4. The van der Waals surface area contributed by atoms with Crippen LogP contribution < -0.4 is 14.5 Å². The molecule has 0 fully saturated rings. The lowest BCUT2D eigenvalue weighted by Gasteiger charge is -2.33. The Balaban J connectivity index is 1.35. The van der Waals surface area contributed by atoms with Crippen LogP contribution in [0.1, 0.15) is 0 Å². The normalized spacial score (nSPS) is 11.9. The van der Waals surface area contributed by atoms with Gasteiger partial charge in [0.05, 0.1) is 32.2 Å². The van der Waals surface area contributed by atoms with Crippen LogP contribution in [0.2, 0.25) is 0 Å². The summed E-state index contributed by atoms with van der Waals surface area (Å²) in [5.41, 5.74) is 7.89. The fraction of sp³-hybridized carbons (Fsp3) is 0. The van der Waals surface area contributed by atoms with E-state index in [1.54, 1.807) is 11.8 Å². The molecule has 0 radical (unpaired) electrons. The van der Waals surface area contributed by atoms with Gasteiger partial charge in [-0.3, -0.25) is 0 Å². The Morgan fingerprint density at radius 2 is 1.00 bits per heavy atom. The first kappa shape index (κ1) is 27.4. The SMILES string of the molecule is c1ccc(N(c2ccccc2)c2cc(N(c3ccccc3)c3cccc4oc5ccccc5c34)cc3c2Sc2ccccc2O3)cc1. The minimum atomic E-state index is 0.809. The van der Waals surface area contributed by atoms with Gasteiger partial charge in [-0.2, -0.15) is 0 Å². The molecule has 224 valence electrons. The molecule has 8 aromatic rings. The zero-order valence-corrected chi connectivity index (χ0v) is 26.1. The van der Waals surface area contributed by atoms with Crippen LogP contribution in [0.25, 0.3) is 21.9 Å². The molecule has 7 aromatic carbocycles. The third-order valence-corrected chi connectivity index (χ3v) is 9.64. The van der Waals surface area contributed by atoms with Gasteiger partial charge in [-0.1, -0.05) is 103 Å². The van der Waals surface area contributed by atoms with E-state index in [2.05, 4.69) is 149 Å². The summed E-state index contributed by atoms with van der Waals surface area (Å²) in [4.78, 5) is 6.78. The summed E-state index contributed by atoms with van der Waals surface area (Å²) in [6.07, 6.45) is 0. The first-order chi connectivity index (χ1) is 23.3. The largest absolute Gasteiger partial charge is 0.456 e. The van der Waals surface area contributed by atoms with E-state index in [4.69, 9.17) is 9.15 Å². The molecule has 1 aliphatic rings. The van der Waals surface area contributed by atoms with Crippen LogP contribution in [0.4, 0.5) is 34.1 Å². The molecule has 0 aliphatic carbocycles. The zero-order chi connectivity index (χ0) is 31.2. The lowest BCUT2D eigenvalue weighted by Crippen LogP contribution is -2.15. The van der Waals surface area contributed by atoms with Gasteiger partial charge in [0.25, 0.3) is 0 Å². The Morgan fingerprint density at radius 1 is 0.426 bits per heavy atom. The maximum Gasteiger partial charge on any atom is 0.145 e. The monoisotopic (exact) mass is 624 g/mol. The van der Waals surface area contributed by atoms with Crippen molar-refractivity contribution in [3.8, 4) is 11.5 Å². The van der Waals surface area contributed by atoms with Crippen LogP contribution >= 0.6 is 11.8 Å². The van der Waals surface area contributed by atoms with Crippen LogP contribution in [0.5, 0.6) is 11.5 Å². The van der Waals surface area contributed by atoms with E-state index in [1.165, 1.54) is 0 Å². The Bertz CT molecular complexity index is 2330. The molecule has 47 heavy (non-hydrogen) atoms. The van der Waals surface area contributed by atoms with E-state index < -0.39 is 0 Å². The van der Waals surface area contributed by atoms with Crippen LogP contribution in [-0.2, 0) is 0 Å². The highest BCUT2D eigenvalue weighted by Crippen LogP contribution is 2.56. The van der Waals surface area contributed by atoms with Gasteiger partial charge < -0.3 is 19.0 Å². The Morgan fingerprint density at radius 3 is 1.70 bits per heavy atom. The maximum atomic E-state index is 6.75. The molecular weight excluding hydrogens is 597 g/mol. The second-order valence-electron chi connectivity index (χ2n) is 11.4. The van der Waals surface area contributed by atoms with Crippen molar-refractivity contribution < 1.29 is 9.15 Å². The number of furan rings is 1. The van der Waals surface area contributed by atoms with Crippen LogP contribution in [0.15, 0.2) is 184 Å². The number of ether oxygens (including phenoxy) is 1. The number of para-hydroxylation sites is 5. The topological polar surface area (TPSA) is 28.9 Å². The van der Waals surface area contributed by atoms with Crippen LogP contribution in [-0.4, -0.2) is 0 Å². The predicted octanol–water partition coefficient (Wildman–Crippen LogP) is 12.8. The fourth-order valence-electron chi connectivity index (χ4n) is 6.42. The van der Waals surface area contributed by atoms with E-state index in [0.717, 1.165) is 77.4 Å². The molecule has 0 amide bonds. The second kappa shape index (κ2) is 11.5. The van der Waals surface area contributed by atoms with Crippen molar-refractivity contribution in [2.45, 2.75) is 9.79 Å². The van der Waals surface area contributed by atoms with Gasteiger partial charge in [0.2, 0.25) is 0 Å². The van der Waals surface area contributed by atoms with Crippen molar-refractivity contribution in [2.75, 3.05) is 9.80 Å². The molecule has 0 saturated carbocycles. The maximum absolute atomic E-state index is 6.75. The number of rotatable bonds is 6. The molecule has 0 N–H and O–H groups in total. The summed E-state index contributed by atoms with van der Waals surface area (Å²) in [6, 6.07) is 58.8. The number of fused-ring (bicyclic) bond motifs is 5. The Hall–Kier alpha value is -5.91. The van der Waals surface area contributed by atoms with Crippen molar-refractivity contribution in [1.29, 1.82) is 0 Å². The lowest BCUT2D eigenvalue weighted by atomic mass is 10.1. The van der Waals surface area contributed by atoms with Crippen LogP contribution in [0.3, 0.4) is 0 Å². The highest BCUT2D eigenvalue weighted by Gasteiger charge is 2.29. The van der Waals surface area contributed by atoms with E-state index in [0.29, 0.717) is 0 Å². The summed E-state index contributed by atoms with van der Waals surface area (Å²) >= 11 is 1.74. The quantitative estimate of drug-likeness (QED) is 0.184. The summed E-state index contributed by atoms with van der Waals surface area (Å²) in [6.45, 7) is 0. The first-order valence-electron chi connectivity index (χ1n) is 15.6. The number of nitrogens with zero attached hydrogens (tertiary/aromatic N) is 2. The van der Waals surface area contributed by atoms with Gasteiger partial charge in [0.15, 0.2) is 0 Å². The van der Waals surface area contributed by atoms with Gasteiger partial charge in [-0.15, -0.1) is 0 Å². The van der Waals surface area contributed by atoms with E-state index in [1.807, 2.05) is 30.3 Å². The van der Waals surface area contributed by atoms with Crippen molar-refractivity contribution in [2.24, 2.45) is 0 Å². The highest BCUT2D eigenvalue weighted by molar-refractivity contribution is 7.99. The average Bonchev–Trinajstić information content (AvgIpc) is 3.52. The third-order valence-electron chi connectivity index (χ3n) is 8.46. The van der Waals surface area contributed by atoms with Crippen molar-refractivity contribution in [3.05, 3.63) is 170 Å². The standard InChI is InChI=1S/C42H28N2O2S/c1-4-15-29(16-5-1)43(30-17-6-2-7-18-30)35-27-32(28-39-42(35)47-40-26-13-12-24-37(40)46-39)44(31-19-8-3-9-20-31)34-22-14-25-38-41(34)33-21-10-11-23-36(33)45-38/h1-28H. The van der Waals surface area contributed by atoms with Crippen LogP contribution in [0, 0.1) is 0 Å². The molecule has 1 aromatic heterocycles. The molecule has 4 nitrogen and oxygen atoms in total. The lowest BCUT2D eigenvalue weighted by molar-refractivity contribution is 0.455. The number of hydrogen-bond acceptors (Lipinski definition) is 5. The van der Waals surface area contributed by atoms with Gasteiger partial charge >= 0.3 is 0 Å². The van der Waals surface area contributed by atoms with Gasteiger partial charge in [-0.25, -0.2) is 0 Å². The summed E-state index contributed by atoms with van der Waals surface area (Å²) in [5.74, 6) is 1.66. The van der Waals surface area contributed by atoms with Crippen molar-refractivity contribution in [1.82, 2.24) is 0 Å². The molecule has 0 saturated heterocycles. The van der Waals surface area contributed by atoms with E-state index in [9.17, 15) is 0 Å². The van der Waals surface area contributed by atoms with Crippen molar-refractivity contribution in [3.63, 3.8) is 0 Å². The summed E-state index contributed by atoms with van der Waals surface area (Å²) in [7, 11) is 0. The summed E-state index contributed by atoms with van der Waals surface area (Å²) in [5, 5.41) is 2.14. The molecule has 1 aliphatic heterocycles. The minimum absolute atomic E-state index is 0.809. The summed E-state index contributed by atoms with van der Waals surface area (Å²) < 4.78 is 13.1. The van der Waals surface area contributed by atoms with E-state index >= 15 is 0 Å². The molecule has 0 atom stereocenters. The van der Waals surface area contributed by atoms with E-state index in [-0.39, 0.29) is 0 Å².